The SMILES string of the molecule is CCn1c(SCC(=O)Nc2nnc(-c3ccc(OC)cc3)s2)nnc1-c1cccc(OC)c1. The Labute approximate surface area is 199 Å². The van der Waals surface area contributed by atoms with Gasteiger partial charge in [-0.25, -0.2) is 0 Å². The standard InChI is InChI=1S/C22H22N6O3S2/c1-4-28-19(15-6-5-7-17(12-15)31-3)24-27-22(28)32-13-18(29)23-21-26-25-20(33-21)14-8-10-16(30-2)11-9-14/h5-12H,4,13H2,1-3H3,(H,23,26,29). The Morgan fingerprint density at radius 2 is 1.79 bits per heavy atom. The number of nitrogens with zero attached hydrogens (tertiary/aromatic N) is 5. The van der Waals surface area contributed by atoms with Crippen molar-refractivity contribution in [2.45, 2.75) is 18.6 Å². The zero-order valence-corrected chi connectivity index (χ0v) is 19.9. The molecule has 0 fully saturated rings. The summed E-state index contributed by atoms with van der Waals surface area (Å²) in [6.45, 7) is 2.68. The molecule has 0 saturated heterocycles. The van der Waals surface area contributed by atoms with Gasteiger partial charge in [-0.2, -0.15) is 0 Å². The molecule has 0 atom stereocenters. The molecule has 33 heavy (non-hydrogen) atoms. The van der Waals surface area contributed by atoms with Crippen molar-refractivity contribution >= 4 is 34.1 Å². The summed E-state index contributed by atoms with van der Waals surface area (Å²) in [5.74, 6) is 2.23. The van der Waals surface area contributed by atoms with Crippen molar-refractivity contribution in [3.63, 3.8) is 0 Å². The van der Waals surface area contributed by atoms with Crippen LogP contribution in [0.4, 0.5) is 5.13 Å². The first kappa shape index (κ1) is 22.7. The van der Waals surface area contributed by atoms with Crippen molar-refractivity contribution in [2.75, 3.05) is 25.3 Å². The number of carbonyl (C=O) groups excluding carboxylic acids is 1. The van der Waals surface area contributed by atoms with Crippen LogP contribution in [0.1, 0.15) is 6.92 Å². The van der Waals surface area contributed by atoms with E-state index in [1.807, 2.05) is 60.0 Å². The molecule has 0 radical (unpaired) electrons. The Morgan fingerprint density at radius 1 is 1.00 bits per heavy atom. The molecule has 4 aromatic rings. The number of benzene rings is 2. The molecule has 2 aromatic heterocycles. The van der Waals surface area contributed by atoms with Crippen LogP contribution < -0.4 is 14.8 Å². The maximum Gasteiger partial charge on any atom is 0.236 e. The minimum absolute atomic E-state index is 0.174. The van der Waals surface area contributed by atoms with Crippen molar-refractivity contribution in [1.29, 1.82) is 0 Å². The van der Waals surface area contributed by atoms with Crippen molar-refractivity contribution in [2.24, 2.45) is 0 Å². The summed E-state index contributed by atoms with van der Waals surface area (Å²) >= 11 is 2.63. The van der Waals surface area contributed by atoms with Crippen LogP contribution in [0.2, 0.25) is 0 Å². The Kier molecular flexibility index (Phi) is 7.20. The Balaban J connectivity index is 1.39. The number of nitrogens with one attached hydrogen (secondary N) is 1. The molecule has 2 heterocycles. The molecule has 1 amide bonds. The van der Waals surface area contributed by atoms with E-state index in [-0.39, 0.29) is 11.7 Å². The maximum absolute atomic E-state index is 12.5. The minimum atomic E-state index is -0.189. The first-order valence-electron chi connectivity index (χ1n) is 10.1. The predicted octanol–water partition coefficient (Wildman–Crippen LogP) is 4.23. The highest BCUT2D eigenvalue weighted by molar-refractivity contribution is 7.99. The molecule has 11 heteroatoms. The van der Waals surface area contributed by atoms with E-state index in [4.69, 9.17) is 9.47 Å². The predicted molar refractivity (Wildman–Crippen MR) is 129 cm³/mol. The first-order valence-corrected chi connectivity index (χ1v) is 11.9. The molecule has 0 saturated carbocycles. The minimum Gasteiger partial charge on any atom is -0.497 e. The van der Waals surface area contributed by atoms with E-state index in [2.05, 4.69) is 25.7 Å². The van der Waals surface area contributed by atoms with E-state index in [0.29, 0.717) is 21.8 Å². The molecule has 0 aliphatic heterocycles. The molecule has 0 bridgehead atoms. The monoisotopic (exact) mass is 482 g/mol. The van der Waals surface area contributed by atoms with E-state index < -0.39 is 0 Å². The number of thioether (sulfide) groups is 1. The van der Waals surface area contributed by atoms with Gasteiger partial charge in [0.25, 0.3) is 0 Å². The zero-order valence-electron chi connectivity index (χ0n) is 18.3. The number of hydrogen-bond donors (Lipinski definition) is 1. The van der Waals surface area contributed by atoms with Gasteiger partial charge in [0.2, 0.25) is 11.0 Å². The van der Waals surface area contributed by atoms with Crippen molar-refractivity contribution in [1.82, 2.24) is 25.0 Å². The van der Waals surface area contributed by atoms with Gasteiger partial charge in [-0.15, -0.1) is 20.4 Å². The number of aromatic nitrogens is 5. The van der Waals surface area contributed by atoms with Gasteiger partial charge in [0.15, 0.2) is 11.0 Å². The van der Waals surface area contributed by atoms with Crippen molar-refractivity contribution in [3.8, 4) is 33.5 Å². The summed E-state index contributed by atoms with van der Waals surface area (Å²) in [5, 5.41) is 21.5. The number of rotatable bonds is 9. The number of hydrogen-bond acceptors (Lipinski definition) is 9. The summed E-state index contributed by atoms with van der Waals surface area (Å²) in [4.78, 5) is 12.5. The molecule has 9 nitrogen and oxygen atoms in total. The van der Waals surface area contributed by atoms with Gasteiger partial charge in [0.1, 0.15) is 16.5 Å². The van der Waals surface area contributed by atoms with Crippen LogP contribution in [0.15, 0.2) is 53.7 Å². The third-order valence-electron chi connectivity index (χ3n) is 4.70. The molecule has 0 aliphatic carbocycles. The number of carbonyl (C=O) groups is 1. The van der Waals surface area contributed by atoms with Gasteiger partial charge in [-0.1, -0.05) is 35.2 Å². The first-order chi connectivity index (χ1) is 16.1. The number of amides is 1. The molecule has 170 valence electrons. The highest BCUT2D eigenvalue weighted by Gasteiger charge is 2.16. The average Bonchev–Trinajstić information content (AvgIpc) is 3.49. The molecule has 1 N–H and O–H groups in total. The highest BCUT2D eigenvalue weighted by Crippen LogP contribution is 2.29. The van der Waals surface area contributed by atoms with Gasteiger partial charge >= 0.3 is 0 Å². The molecular formula is C22H22N6O3S2. The van der Waals surface area contributed by atoms with Gasteiger partial charge in [-0.05, 0) is 43.3 Å². The molecule has 4 rings (SSSR count). The lowest BCUT2D eigenvalue weighted by atomic mass is 10.2. The molecular weight excluding hydrogens is 460 g/mol. The largest absolute Gasteiger partial charge is 0.497 e. The van der Waals surface area contributed by atoms with Crippen LogP contribution in [0, 0.1) is 0 Å². The lowest BCUT2D eigenvalue weighted by Crippen LogP contribution is -2.14. The summed E-state index contributed by atoms with van der Waals surface area (Å²) in [6, 6.07) is 15.2. The second-order valence-electron chi connectivity index (χ2n) is 6.76. The van der Waals surface area contributed by atoms with E-state index >= 15 is 0 Å². The molecule has 0 unspecified atom stereocenters. The highest BCUT2D eigenvalue weighted by atomic mass is 32.2. The van der Waals surface area contributed by atoms with Crippen LogP contribution >= 0.6 is 23.1 Å². The number of anilines is 1. The van der Waals surface area contributed by atoms with E-state index in [1.165, 1.54) is 23.1 Å². The van der Waals surface area contributed by atoms with Crippen LogP contribution in [0.5, 0.6) is 11.5 Å². The summed E-state index contributed by atoms with van der Waals surface area (Å²) < 4.78 is 12.4. The van der Waals surface area contributed by atoms with Gasteiger partial charge < -0.3 is 14.0 Å². The maximum atomic E-state index is 12.5. The Morgan fingerprint density at radius 3 is 2.52 bits per heavy atom. The van der Waals surface area contributed by atoms with E-state index in [0.717, 1.165) is 28.5 Å². The molecule has 2 aromatic carbocycles. The summed E-state index contributed by atoms with van der Waals surface area (Å²) in [7, 11) is 3.25. The Hall–Kier alpha value is -3.44. The quantitative estimate of drug-likeness (QED) is 0.354. The fraction of sp³-hybridized carbons (Fsp3) is 0.227. The van der Waals surface area contributed by atoms with Crippen LogP contribution in [-0.2, 0) is 11.3 Å². The van der Waals surface area contributed by atoms with Crippen molar-refractivity contribution < 1.29 is 14.3 Å². The smallest absolute Gasteiger partial charge is 0.236 e. The van der Waals surface area contributed by atoms with Crippen molar-refractivity contribution in [3.05, 3.63) is 48.5 Å². The fourth-order valence-electron chi connectivity index (χ4n) is 3.07. The van der Waals surface area contributed by atoms with Gasteiger partial charge in [0, 0.05) is 17.7 Å². The summed E-state index contributed by atoms with van der Waals surface area (Å²) in [5.41, 5.74) is 1.81. The average molecular weight is 483 g/mol. The molecule has 0 spiro atoms. The van der Waals surface area contributed by atoms with Crippen LogP contribution in [-0.4, -0.2) is 50.8 Å². The number of methoxy groups -OCH3 is 2. The fourth-order valence-corrected chi connectivity index (χ4v) is 4.63. The van der Waals surface area contributed by atoms with E-state index in [1.54, 1.807) is 14.2 Å². The van der Waals surface area contributed by atoms with Crippen LogP contribution in [0.25, 0.3) is 22.0 Å². The second-order valence-corrected chi connectivity index (χ2v) is 8.68. The van der Waals surface area contributed by atoms with Crippen LogP contribution in [0.3, 0.4) is 0 Å². The topological polar surface area (TPSA) is 104 Å². The van der Waals surface area contributed by atoms with Gasteiger partial charge in [0.05, 0.1) is 20.0 Å². The third-order valence-corrected chi connectivity index (χ3v) is 6.56. The third kappa shape index (κ3) is 5.32. The lowest BCUT2D eigenvalue weighted by molar-refractivity contribution is -0.113. The Bertz CT molecular complexity index is 1240. The summed E-state index contributed by atoms with van der Waals surface area (Å²) in [6.07, 6.45) is 0. The molecule has 0 aliphatic rings. The lowest BCUT2D eigenvalue weighted by Gasteiger charge is -2.08. The van der Waals surface area contributed by atoms with E-state index in [9.17, 15) is 4.79 Å². The second kappa shape index (κ2) is 10.5. The normalized spacial score (nSPS) is 10.8. The number of ether oxygens (including phenoxy) is 2. The zero-order chi connectivity index (χ0) is 23.2. The van der Waals surface area contributed by atoms with Gasteiger partial charge in [-0.3, -0.25) is 10.1 Å².